The molecule has 0 bridgehead atoms. The Bertz CT molecular complexity index is 569. The molecule has 1 aromatic heterocycles. The van der Waals surface area contributed by atoms with E-state index in [2.05, 4.69) is 21.6 Å². The SMILES string of the molecule is CCC[C@H]1CN(c2nccc(N)n2)C[C@@H]1NS(C)(=O)=O.Cl. The molecule has 7 nitrogen and oxygen atoms in total. The maximum absolute atomic E-state index is 11.5. The lowest BCUT2D eigenvalue weighted by Gasteiger charge is -2.17. The molecule has 0 aromatic carbocycles. The van der Waals surface area contributed by atoms with E-state index in [9.17, 15) is 8.42 Å². The van der Waals surface area contributed by atoms with Crippen molar-refractivity contribution in [1.82, 2.24) is 14.7 Å². The van der Waals surface area contributed by atoms with Crippen molar-refractivity contribution >= 4 is 34.2 Å². The molecule has 120 valence electrons. The smallest absolute Gasteiger partial charge is 0.227 e. The van der Waals surface area contributed by atoms with Gasteiger partial charge in [0.15, 0.2) is 0 Å². The fourth-order valence-electron chi connectivity index (χ4n) is 2.62. The molecule has 2 atom stereocenters. The van der Waals surface area contributed by atoms with Crippen molar-refractivity contribution in [2.45, 2.75) is 25.8 Å². The Morgan fingerprint density at radius 3 is 2.76 bits per heavy atom. The van der Waals surface area contributed by atoms with E-state index < -0.39 is 10.0 Å². The fourth-order valence-corrected chi connectivity index (χ4v) is 3.44. The first-order chi connectivity index (χ1) is 9.39. The molecule has 0 saturated carbocycles. The summed E-state index contributed by atoms with van der Waals surface area (Å²) in [7, 11) is -3.21. The second-order valence-corrected chi connectivity index (χ2v) is 7.01. The average Bonchev–Trinajstić information content (AvgIpc) is 2.71. The standard InChI is InChI=1S/C12H21N5O2S.ClH/c1-3-4-9-7-17(8-10(9)16-20(2,18)19)12-14-6-5-11(13)15-12;/h5-6,9-10,16H,3-4,7-8H2,1-2H3,(H2,13,14,15);1H/t9-,10-;/m0./s1. The summed E-state index contributed by atoms with van der Waals surface area (Å²) in [4.78, 5) is 10.4. The minimum absolute atomic E-state index is 0. The largest absolute Gasteiger partial charge is 0.384 e. The van der Waals surface area contributed by atoms with E-state index in [1.54, 1.807) is 12.3 Å². The quantitative estimate of drug-likeness (QED) is 0.818. The Labute approximate surface area is 131 Å². The molecule has 0 spiro atoms. The first-order valence-corrected chi connectivity index (χ1v) is 8.59. The summed E-state index contributed by atoms with van der Waals surface area (Å²) in [6.07, 6.45) is 4.78. The van der Waals surface area contributed by atoms with E-state index >= 15 is 0 Å². The summed E-state index contributed by atoms with van der Waals surface area (Å²) in [6.45, 7) is 3.41. The van der Waals surface area contributed by atoms with E-state index in [0.29, 0.717) is 18.3 Å². The third kappa shape index (κ3) is 4.98. The molecule has 0 amide bonds. The van der Waals surface area contributed by atoms with Crippen LogP contribution in [-0.4, -0.2) is 43.8 Å². The van der Waals surface area contributed by atoms with Crippen molar-refractivity contribution in [3.05, 3.63) is 12.3 Å². The Balaban J connectivity index is 0.00000220. The number of nitrogen functional groups attached to an aromatic ring is 1. The zero-order chi connectivity index (χ0) is 14.8. The summed E-state index contributed by atoms with van der Waals surface area (Å²) in [5.74, 6) is 1.24. The van der Waals surface area contributed by atoms with Gasteiger partial charge in [0.25, 0.3) is 0 Å². The number of sulfonamides is 1. The predicted octanol–water partition coefficient (Wildman–Crippen LogP) is 0.635. The van der Waals surface area contributed by atoms with Crippen LogP contribution in [0.4, 0.5) is 11.8 Å². The minimum atomic E-state index is -3.21. The lowest BCUT2D eigenvalue weighted by molar-refractivity contribution is 0.442. The molecular formula is C12H22ClN5O2S. The van der Waals surface area contributed by atoms with Crippen molar-refractivity contribution in [3.8, 4) is 0 Å². The van der Waals surface area contributed by atoms with Crippen LogP contribution in [0.2, 0.25) is 0 Å². The molecule has 2 rings (SSSR count). The second kappa shape index (κ2) is 7.24. The third-order valence-electron chi connectivity index (χ3n) is 3.41. The van der Waals surface area contributed by atoms with Crippen LogP contribution in [-0.2, 0) is 10.0 Å². The number of rotatable bonds is 5. The average molecular weight is 336 g/mol. The maximum Gasteiger partial charge on any atom is 0.227 e. The maximum atomic E-state index is 11.5. The van der Waals surface area contributed by atoms with Gasteiger partial charge in [-0.15, -0.1) is 12.4 Å². The molecule has 1 aromatic rings. The highest BCUT2D eigenvalue weighted by atomic mass is 35.5. The van der Waals surface area contributed by atoms with Gasteiger partial charge in [-0.2, -0.15) is 4.98 Å². The van der Waals surface area contributed by atoms with Gasteiger partial charge in [0, 0.05) is 25.3 Å². The van der Waals surface area contributed by atoms with Crippen molar-refractivity contribution in [2.75, 3.05) is 30.0 Å². The zero-order valence-electron chi connectivity index (χ0n) is 12.2. The second-order valence-electron chi connectivity index (χ2n) is 5.23. The number of hydrogen-bond donors (Lipinski definition) is 2. The van der Waals surface area contributed by atoms with E-state index in [4.69, 9.17) is 5.73 Å². The van der Waals surface area contributed by atoms with Gasteiger partial charge in [-0.05, 0) is 18.4 Å². The molecular weight excluding hydrogens is 314 g/mol. The van der Waals surface area contributed by atoms with Gasteiger partial charge in [0.2, 0.25) is 16.0 Å². The number of halogens is 1. The first-order valence-electron chi connectivity index (χ1n) is 6.70. The lowest BCUT2D eigenvalue weighted by atomic mass is 9.99. The van der Waals surface area contributed by atoms with Crippen LogP contribution in [0, 0.1) is 5.92 Å². The highest BCUT2D eigenvalue weighted by molar-refractivity contribution is 7.88. The van der Waals surface area contributed by atoms with Crippen molar-refractivity contribution in [3.63, 3.8) is 0 Å². The predicted molar refractivity (Wildman–Crippen MR) is 86.1 cm³/mol. The Morgan fingerprint density at radius 1 is 1.48 bits per heavy atom. The van der Waals surface area contributed by atoms with Gasteiger partial charge in [-0.3, -0.25) is 0 Å². The summed E-state index contributed by atoms with van der Waals surface area (Å²) in [5, 5.41) is 0. The van der Waals surface area contributed by atoms with E-state index in [-0.39, 0.29) is 24.4 Å². The minimum Gasteiger partial charge on any atom is -0.384 e. The van der Waals surface area contributed by atoms with Crippen molar-refractivity contribution in [2.24, 2.45) is 5.92 Å². The summed E-state index contributed by atoms with van der Waals surface area (Å²) < 4.78 is 25.6. The lowest BCUT2D eigenvalue weighted by Crippen LogP contribution is -2.40. The van der Waals surface area contributed by atoms with Crippen LogP contribution in [0.5, 0.6) is 0 Å². The van der Waals surface area contributed by atoms with Crippen LogP contribution < -0.4 is 15.4 Å². The van der Waals surface area contributed by atoms with Crippen LogP contribution in [0.1, 0.15) is 19.8 Å². The Hall–Kier alpha value is -1.12. The third-order valence-corrected chi connectivity index (χ3v) is 4.14. The van der Waals surface area contributed by atoms with Crippen LogP contribution in [0.3, 0.4) is 0 Å². The topological polar surface area (TPSA) is 101 Å². The molecule has 9 heteroatoms. The summed E-state index contributed by atoms with van der Waals surface area (Å²) in [6, 6.07) is 1.53. The number of nitrogens with two attached hydrogens (primary N) is 1. The summed E-state index contributed by atoms with van der Waals surface area (Å²) in [5.41, 5.74) is 5.67. The molecule has 1 fully saturated rings. The van der Waals surface area contributed by atoms with Crippen LogP contribution in [0.25, 0.3) is 0 Å². The van der Waals surface area contributed by atoms with Gasteiger partial charge in [0.1, 0.15) is 5.82 Å². The van der Waals surface area contributed by atoms with E-state index in [1.165, 1.54) is 6.26 Å². The Kier molecular flexibility index (Phi) is 6.18. The number of nitrogens with zero attached hydrogens (tertiary/aromatic N) is 3. The molecule has 1 aliphatic rings. The normalized spacial score (nSPS) is 22.1. The van der Waals surface area contributed by atoms with Gasteiger partial charge >= 0.3 is 0 Å². The van der Waals surface area contributed by atoms with Crippen molar-refractivity contribution < 1.29 is 8.42 Å². The molecule has 21 heavy (non-hydrogen) atoms. The molecule has 2 heterocycles. The molecule has 3 N–H and O–H groups in total. The van der Waals surface area contributed by atoms with E-state index in [0.717, 1.165) is 19.4 Å². The van der Waals surface area contributed by atoms with Gasteiger partial charge in [0.05, 0.1) is 6.26 Å². The number of anilines is 2. The highest BCUT2D eigenvalue weighted by Gasteiger charge is 2.35. The number of aromatic nitrogens is 2. The Morgan fingerprint density at radius 2 is 2.19 bits per heavy atom. The molecule has 0 aliphatic carbocycles. The van der Waals surface area contributed by atoms with Crippen LogP contribution in [0.15, 0.2) is 12.3 Å². The molecule has 0 radical (unpaired) electrons. The highest BCUT2D eigenvalue weighted by Crippen LogP contribution is 2.25. The van der Waals surface area contributed by atoms with Crippen molar-refractivity contribution in [1.29, 1.82) is 0 Å². The number of hydrogen-bond acceptors (Lipinski definition) is 6. The monoisotopic (exact) mass is 335 g/mol. The zero-order valence-corrected chi connectivity index (χ0v) is 13.8. The first kappa shape index (κ1) is 17.9. The van der Waals surface area contributed by atoms with Crippen LogP contribution >= 0.6 is 12.4 Å². The van der Waals surface area contributed by atoms with Gasteiger partial charge < -0.3 is 10.6 Å². The van der Waals surface area contributed by atoms with E-state index in [1.807, 2.05) is 4.90 Å². The summed E-state index contributed by atoms with van der Waals surface area (Å²) >= 11 is 0. The molecule has 1 saturated heterocycles. The number of nitrogens with one attached hydrogen (secondary N) is 1. The van der Waals surface area contributed by atoms with Gasteiger partial charge in [-0.1, -0.05) is 13.3 Å². The molecule has 0 unspecified atom stereocenters. The van der Waals surface area contributed by atoms with Gasteiger partial charge in [-0.25, -0.2) is 18.1 Å². The molecule has 1 aliphatic heterocycles. The fraction of sp³-hybridized carbons (Fsp3) is 0.667.